The molecule has 5 rings (SSSR count). The summed E-state index contributed by atoms with van der Waals surface area (Å²) in [5.74, 6) is 0.0229. The minimum atomic E-state index is 0. The van der Waals surface area contributed by atoms with Crippen molar-refractivity contribution in [1.29, 1.82) is 0 Å². The summed E-state index contributed by atoms with van der Waals surface area (Å²) in [6.07, 6.45) is 1.80. The number of ketones is 1. The van der Waals surface area contributed by atoms with Crippen LogP contribution in [-0.2, 0) is 23.6 Å². The monoisotopic (exact) mass is 421 g/mol. The zero-order valence-electron chi connectivity index (χ0n) is 15.6. The van der Waals surface area contributed by atoms with Gasteiger partial charge in [0.05, 0.1) is 6.54 Å². The molecule has 0 spiro atoms. The third-order valence-electron chi connectivity index (χ3n) is 4.43. The maximum atomic E-state index is 12.5. The van der Waals surface area contributed by atoms with E-state index in [1.165, 1.54) is 0 Å². The van der Waals surface area contributed by atoms with E-state index < -0.39 is 0 Å². The number of hydrogen-bond donors (Lipinski definition) is 0. The molecule has 4 aromatic carbocycles. The van der Waals surface area contributed by atoms with Crippen LogP contribution in [0.15, 0.2) is 103 Å². The van der Waals surface area contributed by atoms with E-state index in [0.717, 1.165) is 22.0 Å². The average molecular weight is 421 g/mol. The van der Waals surface area contributed by atoms with Gasteiger partial charge in [0.15, 0.2) is 5.78 Å². The Bertz CT molecular complexity index is 1140. The molecule has 5 aromatic rings. The molecular formula is C24H19FeN3O. The van der Waals surface area contributed by atoms with E-state index in [1.54, 1.807) is 10.9 Å². The van der Waals surface area contributed by atoms with Gasteiger partial charge in [0.25, 0.3) is 0 Å². The molecule has 1 aromatic heterocycles. The zero-order valence-corrected chi connectivity index (χ0v) is 16.7. The standard InChI is InChI=1S/C19H14N3O.C5H5.Fe/c23-19(17-10-9-14-5-1-4-8-16(14)11-17)13-22-12-18(20-21-22)15-6-2-3-7-15;1-2-4-5-3-1;/h1-12H,13H2;1-5H;/q2*-1;+2. The Morgan fingerprint density at radius 2 is 1.66 bits per heavy atom. The second-order valence-corrected chi connectivity index (χ2v) is 6.42. The van der Waals surface area contributed by atoms with Gasteiger partial charge >= 0.3 is 17.1 Å². The van der Waals surface area contributed by atoms with E-state index in [0.29, 0.717) is 5.56 Å². The van der Waals surface area contributed by atoms with Crippen molar-refractivity contribution < 1.29 is 21.9 Å². The van der Waals surface area contributed by atoms with Crippen LogP contribution in [0.25, 0.3) is 22.0 Å². The van der Waals surface area contributed by atoms with Gasteiger partial charge < -0.3 is 0 Å². The molecule has 0 atom stereocenters. The maximum absolute atomic E-state index is 12.5. The fourth-order valence-electron chi connectivity index (χ4n) is 2.97. The third-order valence-corrected chi connectivity index (χ3v) is 4.43. The van der Waals surface area contributed by atoms with E-state index in [4.69, 9.17) is 0 Å². The SMILES string of the molecule is O=C(Cn1cc(-[c-]2cccc2)nn1)c1ccc2ccccc2c1.[Fe+2].c1cc[cH-]c1. The van der Waals surface area contributed by atoms with Gasteiger partial charge in [0.1, 0.15) is 0 Å². The summed E-state index contributed by atoms with van der Waals surface area (Å²) in [7, 11) is 0. The summed E-state index contributed by atoms with van der Waals surface area (Å²) in [5, 5.41) is 10.4. The number of fused-ring (bicyclic) bond motifs is 1. The summed E-state index contributed by atoms with van der Waals surface area (Å²) in [6, 6.07) is 31.6. The van der Waals surface area contributed by atoms with Gasteiger partial charge in [-0.2, -0.15) is 35.4 Å². The van der Waals surface area contributed by atoms with Crippen LogP contribution in [0.5, 0.6) is 0 Å². The Kier molecular flexibility index (Phi) is 6.90. The van der Waals surface area contributed by atoms with Crippen molar-refractivity contribution >= 4 is 16.6 Å². The van der Waals surface area contributed by atoms with Gasteiger partial charge in [-0.15, -0.1) is 12.1 Å². The van der Waals surface area contributed by atoms with E-state index in [2.05, 4.69) is 10.3 Å². The molecule has 0 amide bonds. The predicted molar refractivity (Wildman–Crippen MR) is 111 cm³/mol. The minimum Gasteiger partial charge on any atom is -0.292 e. The molecular weight excluding hydrogens is 402 g/mol. The first-order valence-corrected chi connectivity index (χ1v) is 9.10. The van der Waals surface area contributed by atoms with Crippen LogP contribution >= 0.6 is 0 Å². The molecule has 0 aliphatic rings. The zero-order chi connectivity index (χ0) is 19.2. The van der Waals surface area contributed by atoms with Crippen LogP contribution in [0.3, 0.4) is 0 Å². The Balaban J connectivity index is 0.000000352. The number of carbonyl (C=O) groups is 1. The number of hydrogen-bond acceptors (Lipinski definition) is 3. The number of carbonyl (C=O) groups excluding carboxylic acids is 1. The molecule has 0 fully saturated rings. The molecule has 0 radical (unpaired) electrons. The Morgan fingerprint density at radius 3 is 2.34 bits per heavy atom. The normalized spacial score (nSPS) is 10.1. The molecule has 0 unspecified atom stereocenters. The van der Waals surface area contributed by atoms with Gasteiger partial charge in [-0.1, -0.05) is 47.2 Å². The fourth-order valence-corrected chi connectivity index (χ4v) is 2.97. The molecule has 0 N–H and O–H groups in total. The Morgan fingerprint density at radius 1 is 0.931 bits per heavy atom. The number of rotatable bonds is 4. The van der Waals surface area contributed by atoms with Gasteiger partial charge in [-0.05, 0) is 23.0 Å². The first-order chi connectivity index (χ1) is 13.8. The van der Waals surface area contributed by atoms with Crippen molar-refractivity contribution in [2.75, 3.05) is 0 Å². The molecule has 1 heterocycles. The van der Waals surface area contributed by atoms with E-state index >= 15 is 0 Å². The largest absolute Gasteiger partial charge is 2.00 e. The van der Waals surface area contributed by atoms with Crippen molar-refractivity contribution in [1.82, 2.24) is 15.0 Å². The van der Waals surface area contributed by atoms with Crippen LogP contribution in [0, 0.1) is 0 Å². The predicted octanol–water partition coefficient (Wildman–Crippen LogP) is 5.10. The molecule has 0 aliphatic carbocycles. The van der Waals surface area contributed by atoms with E-state index in [1.807, 2.05) is 97.1 Å². The number of aromatic nitrogens is 3. The van der Waals surface area contributed by atoms with Crippen LogP contribution in [0.2, 0.25) is 0 Å². The van der Waals surface area contributed by atoms with Gasteiger partial charge in [0.2, 0.25) is 0 Å². The number of nitrogens with zero attached hydrogens (tertiary/aromatic N) is 3. The van der Waals surface area contributed by atoms with Crippen molar-refractivity contribution in [2.45, 2.75) is 6.54 Å². The summed E-state index contributed by atoms with van der Waals surface area (Å²) in [5.41, 5.74) is 2.48. The van der Waals surface area contributed by atoms with Gasteiger partial charge in [-0.25, -0.2) is 12.1 Å². The van der Waals surface area contributed by atoms with Crippen molar-refractivity contribution in [3.05, 3.63) is 109 Å². The van der Waals surface area contributed by atoms with Gasteiger partial charge in [-0.3, -0.25) is 9.48 Å². The Hall–Kier alpha value is -3.27. The van der Waals surface area contributed by atoms with E-state index in [9.17, 15) is 4.79 Å². The summed E-state index contributed by atoms with van der Waals surface area (Å²) in [4.78, 5) is 12.5. The Labute approximate surface area is 180 Å². The molecule has 29 heavy (non-hydrogen) atoms. The number of Topliss-reactive ketones (excluding diaryl/α,β-unsaturated/α-hetero) is 1. The van der Waals surface area contributed by atoms with Crippen molar-refractivity contribution in [3.8, 4) is 11.3 Å². The number of benzene rings is 2. The van der Waals surface area contributed by atoms with E-state index in [-0.39, 0.29) is 29.4 Å². The van der Waals surface area contributed by atoms with Crippen LogP contribution in [-0.4, -0.2) is 20.8 Å². The average Bonchev–Trinajstić information content (AvgIpc) is 3.51. The first-order valence-electron chi connectivity index (χ1n) is 9.10. The van der Waals surface area contributed by atoms with Crippen molar-refractivity contribution in [3.63, 3.8) is 0 Å². The summed E-state index contributed by atoms with van der Waals surface area (Å²) in [6.45, 7) is 0.187. The molecule has 5 heteroatoms. The van der Waals surface area contributed by atoms with Crippen molar-refractivity contribution in [2.24, 2.45) is 0 Å². The first kappa shape index (κ1) is 20.5. The summed E-state index contributed by atoms with van der Waals surface area (Å²) >= 11 is 0. The molecule has 144 valence electrons. The third kappa shape index (κ3) is 5.17. The second-order valence-electron chi connectivity index (χ2n) is 6.42. The van der Waals surface area contributed by atoms with Crippen LogP contribution in [0.4, 0.5) is 0 Å². The van der Waals surface area contributed by atoms with Gasteiger partial charge in [0, 0.05) is 11.3 Å². The minimum absolute atomic E-state index is 0. The second kappa shape index (κ2) is 9.78. The smallest absolute Gasteiger partial charge is 0.292 e. The molecule has 0 saturated carbocycles. The maximum Gasteiger partial charge on any atom is 2.00 e. The van der Waals surface area contributed by atoms with Crippen LogP contribution in [0.1, 0.15) is 10.4 Å². The fraction of sp³-hybridized carbons (Fsp3) is 0.0417. The molecule has 0 bridgehead atoms. The molecule has 4 nitrogen and oxygen atoms in total. The molecule has 0 saturated heterocycles. The topological polar surface area (TPSA) is 47.8 Å². The summed E-state index contributed by atoms with van der Waals surface area (Å²) < 4.78 is 1.58. The quantitative estimate of drug-likeness (QED) is 0.230. The molecule has 0 aliphatic heterocycles. The van der Waals surface area contributed by atoms with Crippen LogP contribution < -0.4 is 0 Å².